The van der Waals surface area contributed by atoms with Gasteiger partial charge in [-0.1, -0.05) is 36.6 Å². The van der Waals surface area contributed by atoms with Crippen molar-refractivity contribution in [3.8, 4) is 0 Å². The van der Waals surface area contributed by atoms with Crippen molar-refractivity contribution in [1.82, 2.24) is 0 Å². The molecule has 0 fully saturated rings. The lowest BCUT2D eigenvalue weighted by Gasteiger charge is -2.28. The second-order valence-corrected chi connectivity index (χ2v) is 9.37. The largest absolute Gasteiger partial charge is 0.500 e. The van der Waals surface area contributed by atoms with Gasteiger partial charge in [0, 0.05) is 37.0 Å². The van der Waals surface area contributed by atoms with E-state index in [-0.39, 0.29) is 5.97 Å². The van der Waals surface area contributed by atoms with Crippen LogP contribution in [0.1, 0.15) is 52.0 Å². The molecule has 0 heterocycles. The SMILES string of the molecule is CCO[Si](CCCCCCOC(=O)/C=C/c1cccc(Cl)c1)(OCC)OCC. The Hall–Kier alpha value is -1.18. The van der Waals surface area contributed by atoms with E-state index in [2.05, 4.69) is 0 Å². The standard InChI is InChI=1S/C21H33ClO5Si/c1-4-25-28(26-5-2,27-6-3)17-10-8-7-9-16-24-21(23)15-14-19-12-11-13-20(22)18-19/h11-15,18H,4-10,16-17H2,1-3H3/b15-14+. The molecule has 0 atom stereocenters. The maximum atomic E-state index is 11.8. The quantitative estimate of drug-likeness (QED) is 0.160. The van der Waals surface area contributed by atoms with Crippen molar-refractivity contribution >= 4 is 32.5 Å². The Balaban J connectivity index is 2.21. The first-order valence-corrected chi connectivity index (χ1v) is 12.4. The van der Waals surface area contributed by atoms with E-state index in [0.717, 1.165) is 37.3 Å². The predicted molar refractivity (Wildman–Crippen MR) is 115 cm³/mol. The van der Waals surface area contributed by atoms with Gasteiger partial charge in [0.1, 0.15) is 0 Å². The predicted octanol–water partition coefficient (Wildman–Crippen LogP) is 5.51. The Morgan fingerprint density at radius 1 is 1.00 bits per heavy atom. The van der Waals surface area contributed by atoms with Gasteiger partial charge in [-0.25, -0.2) is 4.79 Å². The fourth-order valence-corrected chi connectivity index (χ4v) is 5.68. The third kappa shape index (κ3) is 10.4. The van der Waals surface area contributed by atoms with Crippen LogP contribution in [0.15, 0.2) is 30.3 Å². The number of halogens is 1. The van der Waals surface area contributed by atoms with Gasteiger partial charge in [0.2, 0.25) is 0 Å². The summed E-state index contributed by atoms with van der Waals surface area (Å²) in [5, 5.41) is 0.639. The van der Waals surface area contributed by atoms with Crippen molar-refractivity contribution in [3.63, 3.8) is 0 Å². The van der Waals surface area contributed by atoms with Crippen LogP contribution in [0, 0.1) is 0 Å². The molecular weight excluding hydrogens is 396 g/mol. The lowest BCUT2D eigenvalue weighted by molar-refractivity contribution is -0.137. The van der Waals surface area contributed by atoms with E-state index in [4.69, 9.17) is 29.6 Å². The molecule has 0 saturated carbocycles. The third-order valence-electron chi connectivity index (χ3n) is 3.97. The Kier molecular flexibility index (Phi) is 13.1. The summed E-state index contributed by atoms with van der Waals surface area (Å²) >= 11 is 5.91. The summed E-state index contributed by atoms with van der Waals surface area (Å²) in [5.74, 6) is -0.338. The summed E-state index contributed by atoms with van der Waals surface area (Å²) in [4.78, 5) is 11.8. The zero-order chi connectivity index (χ0) is 20.7. The highest BCUT2D eigenvalue weighted by atomic mass is 35.5. The number of unbranched alkanes of at least 4 members (excludes halogenated alkanes) is 3. The number of hydrogen-bond acceptors (Lipinski definition) is 5. The minimum Gasteiger partial charge on any atom is -0.463 e. The van der Waals surface area contributed by atoms with E-state index in [9.17, 15) is 4.79 Å². The first-order chi connectivity index (χ1) is 13.5. The maximum absolute atomic E-state index is 11.8. The molecule has 1 aromatic carbocycles. The first kappa shape index (κ1) is 24.9. The zero-order valence-corrected chi connectivity index (χ0v) is 19.0. The summed E-state index contributed by atoms with van der Waals surface area (Å²) < 4.78 is 22.8. The number of ether oxygens (including phenoxy) is 1. The highest BCUT2D eigenvalue weighted by Crippen LogP contribution is 2.20. The molecule has 28 heavy (non-hydrogen) atoms. The highest BCUT2D eigenvalue weighted by molar-refractivity contribution is 6.60. The van der Waals surface area contributed by atoms with Crippen LogP contribution in [0.2, 0.25) is 11.1 Å². The van der Waals surface area contributed by atoms with Crippen LogP contribution in [0.4, 0.5) is 0 Å². The van der Waals surface area contributed by atoms with Gasteiger partial charge in [-0.15, -0.1) is 0 Å². The Morgan fingerprint density at radius 2 is 1.64 bits per heavy atom. The molecule has 0 spiro atoms. The molecule has 7 heteroatoms. The van der Waals surface area contributed by atoms with Crippen LogP contribution < -0.4 is 0 Å². The molecule has 1 rings (SSSR count). The fraction of sp³-hybridized carbons (Fsp3) is 0.571. The van der Waals surface area contributed by atoms with Gasteiger partial charge in [0.05, 0.1) is 6.61 Å². The van der Waals surface area contributed by atoms with Crippen molar-refractivity contribution in [2.45, 2.75) is 52.5 Å². The lowest BCUT2D eigenvalue weighted by atomic mass is 10.2. The number of carbonyl (C=O) groups is 1. The topological polar surface area (TPSA) is 54.0 Å². The molecule has 0 aromatic heterocycles. The molecule has 5 nitrogen and oxygen atoms in total. The monoisotopic (exact) mass is 428 g/mol. The molecule has 0 bridgehead atoms. The van der Waals surface area contributed by atoms with Gasteiger partial charge < -0.3 is 18.0 Å². The molecule has 0 aliphatic carbocycles. The molecule has 1 aromatic rings. The smallest absolute Gasteiger partial charge is 0.463 e. The van der Waals surface area contributed by atoms with E-state index in [0.29, 0.717) is 31.5 Å². The third-order valence-corrected chi connectivity index (χ3v) is 7.36. The molecule has 0 unspecified atom stereocenters. The van der Waals surface area contributed by atoms with Gasteiger partial charge in [-0.2, -0.15) is 0 Å². The molecule has 0 radical (unpaired) electrons. The van der Waals surface area contributed by atoms with Crippen LogP contribution in [-0.2, 0) is 22.8 Å². The van der Waals surface area contributed by atoms with Gasteiger partial charge in [0.25, 0.3) is 0 Å². The average Bonchev–Trinajstić information content (AvgIpc) is 2.66. The Bertz CT molecular complexity index is 577. The van der Waals surface area contributed by atoms with Crippen LogP contribution >= 0.6 is 11.6 Å². The summed E-state index contributed by atoms with van der Waals surface area (Å²) in [7, 11) is -2.53. The van der Waals surface area contributed by atoms with Gasteiger partial charge >= 0.3 is 14.8 Å². The summed E-state index contributed by atoms with van der Waals surface area (Å²) in [6.07, 6.45) is 6.96. The van der Waals surface area contributed by atoms with Crippen LogP contribution in [0.25, 0.3) is 6.08 Å². The van der Waals surface area contributed by atoms with E-state index in [1.165, 1.54) is 6.08 Å². The molecule has 0 amide bonds. The number of rotatable bonds is 15. The van der Waals surface area contributed by atoms with Gasteiger partial charge in [-0.05, 0) is 57.4 Å². The second kappa shape index (κ2) is 14.8. The Morgan fingerprint density at radius 3 is 2.25 bits per heavy atom. The molecule has 0 saturated heterocycles. The minimum atomic E-state index is -2.53. The Labute approximate surface area is 175 Å². The average molecular weight is 429 g/mol. The van der Waals surface area contributed by atoms with Gasteiger partial charge in [0.15, 0.2) is 0 Å². The number of carbonyl (C=O) groups excluding carboxylic acids is 1. The highest BCUT2D eigenvalue weighted by Gasteiger charge is 2.39. The number of esters is 1. The summed E-state index contributed by atoms with van der Waals surface area (Å²) in [5.41, 5.74) is 0.870. The van der Waals surface area contributed by atoms with E-state index >= 15 is 0 Å². The first-order valence-electron chi connectivity index (χ1n) is 10.1. The molecule has 0 aliphatic rings. The van der Waals surface area contributed by atoms with E-state index < -0.39 is 8.80 Å². The van der Waals surface area contributed by atoms with Crippen molar-refractivity contribution in [2.24, 2.45) is 0 Å². The van der Waals surface area contributed by atoms with Crippen molar-refractivity contribution in [3.05, 3.63) is 40.9 Å². The van der Waals surface area contributed by atoms with Crippen LogP contribution in [0.5, 0.6) is 0 Å². The van der Waals surface area contributed by atoms with E-state index in [1.54, 1.807) is 18.2 Å². The summed E-state index contributed by atoms with van der Waals surface area (Å²) in [6.45, 7) is 8.13. The molecular formula is C21H33ClO5Si. The molecule has 0 N–H and O–H groups in total. The zero-order valence-electron chi connectivity index (χ0n) is 17.2. The normalized spacial score (nSPS) is 11.9. The van der Waals surface area contributed by atoms with Gasteiger partial charge in [-0.3, -0.25) is 0 Å². The van der Waals surface area contributed by atoms with Crippen molar-refractivity contribution < 1.29 is 22.8 Å². The molecule has 0 aliphatic heterocycles. The number of hydrogen-bond donors (Lipinski definition) is 0. The second-order valence-electron chi connectivity index (χ2n) is 6.20. The van der Waals surface area contributed by atoms with Crippen molar-refractivity contribution in [1.29, 1.82) is 0 Å². The molecule has 158 valence electrons. The summed E-state index contributed by atoms with van der Waals surface area (Å²) in [6, 6.07) is 8.13. The lowest BCUT2D eigenvalue weighted by Crippen LogP contribution is -2.45. The van der Waals surface area contributed by atoms with E-state index in [1.807, 2.05) is 32.9 Å². The number of benzene rings is 1. The minimum absolute atomic E-state index is 0.338. The fourth-order valence-electron chi connectivity index (χ4n) is 2.79. The van der Waals surface area contributed by atoms with Crippen LogP contribution in [-0.4, -0.2) is 41.2 Å². The van der Waals surface area contributed by atoms with Crippen molar-refractivity contribution in [2.75, 3.05) is 26.4 Å². The maximum Gasteiger partial charge on any atom is 0.500 e. The van der Waals surface area contributed by atoms with Crippen LogP contribution in [0.3, 0.4) is 0 Å².